The Bertz CT molecular complexity index is 501. The van der Waals surface area contributed by atoms with Crippen LogP contribution in [-0.4, -0.2) is 16.1 Å². The lowest BCUT2D eigenvalue weighted by atomic mass is 10.1. The van der Waals surface area contributed by atoms with Crippen LogP contribution >= 0.6 is 0 Å². The van der Waals surface area contributed by atoms with E-state index in [1.54, 1.807) is 6.26 Å². The van der Waals surface area contributed by atoms with Gasteiger partial charge in [-0.15, -0.1) is 0 Å². The molecule has 2 aromatic rings. The maximum absolute atomic E-state index is 5.63. The number of imidazole rings is 1. The highest BCUT2D eigenvalue weighted by Gasteiger charge is 2.18. The predicted octanol–water partition coefficient (Wildman–Crippen LogP) is 3.09. The fourth-order valence-corrected chi connectivity index (χ4v) is 2.40. The molecule has 2 heterocycles. The van der Waals surface area contributed by atoms with Gasteiger partial charge in [0, 0.05) is 25.4 Å². The summed E-state index contributed by atoms with van der Waals surface area (Å²) in [5, 5.41) is 3.49. The molecule has 0 saturated heterocycles. The van der Waals surface area contributed by atoms with Gasteiger partial charge in [-0.1, -0.05) is 13.8 Å². The van der Waals surface area contributed by atoms with Crippen LogP contribution in [0.2, 0.25) is 0 Å². The first-order valence-corrected chi connectivity index (χ1v) is 7.03. The number of rotatable bonds is 7. The van der Waals surface area contributed by atoms with E-state index in [1.165, 1.54) is 5.56 Å². The van der Waals surface area contributed by atoms with E-state index < -0.39 is 0 Å². The summed E-state index contributed by atoms with van der Waals surface area (Å²) in [4.78, 5) is 4.48. The monoisotopic (exact) mass is 261 g/mol. The molecule has 2 aromatic heterocycles. The van der Waals surface area contributed by atoms with Gasteiger partial charge < -0.3 is 14.3 Å². The molecule has 0 aliphatic rings. The molecule has 4 nitrogen and oxygen atoms in total. The van der Waals surface area contributed by atoms with Crippen LogP contribution in [0.5, 0.6) is 0 Å². The van der Waals surface area contributed by atoms with Crippen molar-refractivity contribution in [3.63, 3.8) is 0 Å². The van der Waals surface area contributed by atoms with Crippen molar-refractivity contribution >= 4 is 0 Å². The predicted molar refractivity (Wildman–Crippen MR) is 76.1 cm³/mol. The normalized spacial score (nSPS) is 12.8. The molecular formula is C15H23N3O. The molecule has 1 atom stereocenters. The summed E-state index contributed by atoms with van der Waals surface area (Å²) in [5.74, 6) is 2.14. The van der Waals surface area contributed by atoms with Gasteiger partial charge in [0.15, 0.2) is 0 Å². The highest BCUT2D eigenvalue weighted by molar-refractivity contribution is 5.19. The maximum atomic E-state index is 5.63. The Hall–Kier alpha value is -1.55. The van der Waals surface area contributed by atoms with Gasteiger partial charge in [-0.3, -0.25) is 0 Å². The summed E-state index contributed by atoms with van der Waals surface area (Å²) in [6.45, 7) is 8.32. The Morgan fingerprint density at radius 1 is 1.42 bits per heavy atom. The van der Waals surface area contributed by atoms with Crippen LogP contribution < -0.4 is 5.32 Å². The van der Waals surface area contributed by atoms with E-state index in [0.29, 0.717) is 0 Å². The van der Waals surface area contributed by atoms with Crippen molar-refractivity contribution in [2.24, 2.45) is 0 Å². The fourth-order valence-electron chi connectivity index (χ4n) is 2.40. The summed E-state index contributed by atoms with van der Waals surface area (Å²) >= 11 is 0. The quantitative estimate of drug-likeness (QED) is 0.833. The molecule has 0 aliphatic heterocycles. The molecule has 0 aromatic carbocycles. The number of hydrogen-bond donors (Lipinski definition) is 1. The number of likely N-dealkylation sites (N-methyl/N-ethyl adjacent to an activating group) is 1. The lowest BCUT2D eigenvalue weighted by Gasteiger charge is -2.17. The van der Waals surface area contributed by atoms with E-state index in [9.17, 15) is 0 Å². The Balaban J connectivity index is 2.17. The minimum Gasteiger partial charge on any atom is -0.467 e. The molecule has 19 heavy (non-hydrogen) atoms. The fraction of sp³-hybridized carbons (Fsp3) is 0.533. The molecule has 1 N–H and O–H groups in total. The molecule has 0 saturated carbocycles. The van der Waals surface area contributed by atoms with Crippen LogP contribution in [0.4, 0.5) is 0 Å². The van der Waals surface area contributed by atoms with Crippen molar-refractivity contribution in [3.05, 3.63) is 41.9 Å². The molecule has 2 rings (SSSR count). The van der Waals surface area contributed by atoms with E-state index in [4.69, 9.17) is 4.42 Å². The zero-order valence-electron chi connectivity index (χ0n) is 12.0. The van der Waals surface area contributed by atoms with Gasteiger partial charge in [0.05, 0.1) is 12.3 Å². The van der Waals surface area contributed by atoms with Crippen molar-refractivity contribution in [2.45, 2.75) is 46.2 Å². The first-order chi connectivity index (χ1) is 9.26. The number of nitrogens with one attached hydrogen (secondary N) is 1. The SMILES string of the molecule is CCCn1ccnc1CC(NCC)c1occc1C. The third-order valence-corrected chi connectivity index (χ3v) is 3.32. The number of hydrogen-bond acceptors (Lipinski definition) is 3. The van der Waals surface area contributed by atoms with Crippen LogP contribution in [0.25, 0.3) is 0 Å². The van der Waals surface area contributed by atoms with Gasteiger partial charge in [0.1, 0.15) is 11.6 Å². The van der Waals surface area contributed by atoms with E-state index >= 15 is 0 Å². The first-order valence-electron chi connectivity index (χ1n) is 7.03. The molecule has 0 bridgehead atoms. The summed E-state index contributed by atoms with van der Waals surface area (Å²) in [5.41, 5.74) is 1.19. The highest BCUT2D eigenvalue weighted by atomic mass is 16.3. The molecule has 0 spiro atoms. The topological polar surface area (TPSA) is 43.0 Å². The van der Waals surface area contributed by atoms with E-state index in [1.807, 2.05) is 12.3 Å². The maximum Gasteiger partial charge on any atom is 0.124 e. The minimum atomic E-state index is 0.193. The molecule has 0 fully saturated rings. The Kier molecular flexibility index (Phi) is 4.80. The number of furan rings is 1. The smallest absolute Gasteiger partial charge is 0.124 e. The molecule has 0 amide bonds. The van der Waals surface area contributed by atoms with Gasteiger partial charge in [-0.25, -0.2) is 4.98 Å². The lowest BCUT2D eigenvalue weighted by Crippen LogP contribution is -2.24. The second-order valence-electron chi connectivity index (χ2n) is 4.82. The third-order valence-electron chi connectivity index (χ3n) is 3.32. The highest BCUT2D eigenvalue weighted by Crippen LogP contribution is 2.22. The van der Waals surface area contributed by atoms with Crippen molar-refractivity contribution in [1.29, 1.82) is 0 Å². The van der Waals surface area contributed by atoms with Gasteiger partial charge in [-0.2, -0.15) is 0 Å². The zero-order chi connectivity index (χ0) is 13.7. The largest absolute Gasteiger partial charge is 0.467 e. The van der Waals surface area contributed by atoms with Crippen molar-refractivity contribution < 1.29 is 4.42 Å². The first kappa shape index (κ1) is 13.9. The summed E-state index contributed by atoms with van der Waals surface area (Å²) in [6, 6.07) is 2.20. The second kappa shape index (κ2) is 6.57. The number of nitrogens with zero attached hydrogens (tertiary/aromatic N) is 2. The number of aryl methyl sites for hydroxylation is 2. The summed E-state index contributed by atoms with van der Waals surface area (Å²) in [6.07, 6.45) is 7.66. The molecular weight excluding hydrogens is 238 g/mol. The van der Waals surface area contributed by atoms with Gasteiger partial charge >= 0.3 is 0 Å². The molecule has 0 aliphatic carbocycles. The minimum absolute atomic E-state index is 0.193. The van der Waals surface area contributed by atoms with Crippen LogP contribution in [-0.2, 0) is 13.0 Å². The van der Waals surface area contributed by atoms with Crippen LogP contribution in [0.15, 0.2) is 29.1 Å². The van der Waals surface area contributed by atoms with Crippen molar-refractivity contribution in [1.82, 2.24) is 14.9 Å². The third kappa shape index (κ3) is 3.26. The summed E-state index contributed by atoms with van der Waals surface area (Å²) < 4.78 is 7.85. The average molecular weight is 261 g/mol. The Morgan fingerprint density at radius 3 is 2.89 bits per heavy atom. The molecule has 1 unspecified atom stereocenters. The second-order valence-corrected chi connectivity index (χ2v) is 4.82. The summed E-state index contributed by atoms with van der Waals surface area (Å²) in [7, 11) is 0. The Labute approximate surface area is 114 Å². The molecule has 104 valence electrons. The zero-order valence-corrected chi connectivity index (χ0v) is 12.0. The Morgan fingerprint density at radius 2 is 2.26 bits per heavy atom. The van der Waals surface area contributed by atoms with Gasteiger partial charge in [0.25, 0.3) is 0 Å². The standard InChI is InChI=1S/C15H23N3O/c1-4-8-18-9-7-17-14(18)11-13(16-5-2)15-12(3)6-10-19-15/h6-7,9-10,13,16H,4-5,8,11H2,1-3H3. The number of aromatic nitrogens is 2. The molecule has 4 heteroatoms. The van der Waals surface area contributed by atoms with Crippen LogP contribution in [0, 0.1) is 6.92 Å². The molecule has 0 radical (unpaired) electrons. The van der Waals surface area contributed by atoms with Crippen LogP contribution in [0.3, 0.4) is 0 Å². The van der Waals surface area contributed by atoms with E-state index in [-0.39, 0.29) is 6.04 Å². The van der Waals surface area contributed by atoms with E-state index in [0.717, 1.165) is 37.5 Å². The lowest BCUT2D eigenvalue weighted by molar-refractivity contribution is 0.404. The van der Waals surface area contributed by atoms with Crippen LogP contribution in [0.1, 0.15) is 43.5 Å². The van der Waals surface area contributed by atoms with Gasteiger partial charge in [-0.05, 0) is 31.5 Å². The van der Waals surface area contributed by atoms with Crippen molar-refractivity contribution in [2.75, 3.05) is 6.54 Å². The van der Waals surface area contributed by atoms with E-state index in [2.05, 4.69) is 41.8 Å². The van der Waals surface area contributed by atoms with Gasteiger partial charge in [0.2, 0.25) is 0 Å². The van der Waals surface area contributed by atoms with Crippen molar-refractivity contribution in [3.8, 4) is 0 Å². The average Bonchev–Trinajstić information content (AvgIpc) is 2.99.